The van der Waals surface area contributed by atoms with Gasteiger partial charge in [0.25, 0.3) is 5.91 Å². The quantitative estimate of drug-likeness (QED) is 0.885. The van der Waals surface area contributed by atoms with E-state index < -0.39 is 10.0 Å². The van der Waals surface area contributed by atoms with E-state index in [0.717, 1.165) is 9.87 Å². The van der Waals surface area contributed by atoms with Gasteiger partial charge in [0.2, 0.25) is 10.0 Å². The monoisotopic (exact) mass is 374 g/mol. The molecule has 0 aromatic heterocycles. The zero-order valence-electron chi connectivity index (χ0n) is 16.1. The fourth-order valence-electron chi connectivity index (χ4n) is 2.48. The molecule has 0 unspecified atom stereocenters. The molecule has 0 atom stereocenters. The minimum Gasteiger partial charge on any atom is -0.322 e. The van der Waals surface area contributed by atoms with Crippen LogP contribution in [0.4, 0.5) is 5.69 Å². The van der Waals surface area contributed by atoms with Crippen molar-refractivity contribution in [2.75, 3.05) is 19.4 Å². The number of amides is 1. The van der Waals surface area contributed by atoms with E-state index in [9.17, 15) is 13.2 Å². The Hall–Kier alpha value is -2.18. The molecule has 140 valence electrons. The Bertz CT molecular complexity index is 909. The van der Waals surface area contributed by atoms with Crippen molar-refractivity contribution < 1.29 is 13.2 Å². The average molecular weight is 375 g/mol. The Morgan fingerprint density at radius 2 is 1.58 bits per heavy atom. The SMILES string of the molecule is Cc1ccc(NC(=O)c2ccc(C(C)(C)C)cc2)cc1S(=O)(=O)N(C)C. The molecule has 5 nitrogen and oxygen atoms in total. The second kappa shape index (κ2) is 7.21. The molecule has 1 N–H and O–H groups in total. The number of nitrogens with zero attached hydrogens (tertiary/aromatic N) is 1. The summed E-state index contributed by atoms with van der Waals surface area (Å²) in [6.45, 7) is 8.07. The highest BCUT2D eigenvalue weighted by molar-refractivity contribution is 7.89. The van der Waals surface area contributed by atoms with Crippen molar-refractivity contribution in [1.29, 1.82) is 0 Å². The lowest BCUT2D eigenvalue weighted by atomic mass is 9.87. The van der Waals surface area contributed by atoms with Crippen molar-refractivity contribution >= 4 is 21.6 Å². The number of carbonyl (C=O) groups is 1. The van der Waals surface area contributed by atoms with Crippen LogP contribution in [0, 0.1) is 6.92 Å². The van der Waals surface area contributed by atoms with Gasteiger partial charge in [-0.25, -0.2) is 12.7 Å². The number of anilines is 1. The Morgan fingerprint density at radius 1 is 1.00 bits per heavy atom. The molecule has 0 fully saturated rings. The van der Waals surface area contributed by atoms with E-state index in [1.165, 1.54) is 20.2 Å². The zero-order valence-corrected chi connectivity index (χ0v) is 16.9. The maximum absolute atomic E-state index is 12.5. The summed E-state index contributed by atoms with van der Waals surface area (Å²) in [6, 6.07) is 12.3. The molecule has 2 aromatic rings. The van der Waals surface area contributed by atoms with E-state index in [2.05, 4.69) is 26.1 Å². The number of benzene rings is 2. The van der Waals surface area contributed by atoms with Gasteiger partial charge >= 0.3 is 0 Å². The molecule has 0 aliphatic carbocycles. The van der Waals surface area contributed by atoms with Crippen LogP contribution in [0.5, 0.6) is 0 Å². The highest BCUT2D eigenvalue weighted by Crippen LogP contribution is 2.24. The third-order valence-electron chi connectivity index (χ3n) is 4.22. The zero-order chi connectivity index (χ0) is 19.7. The van der Waals surface area contributed by atoms with Crippen LogP contribution in [0.1, 0.15) is 42.3 Å². The third-order valence-corrected chi connectivity index (χ3v) is 6.17. The van der Waals surface area contributed by atoms with E-state index in [1.54, 1.807) is 31.2 Å². The van der Waals surface area contributed by atoms with Crippen LogP contribution >= 0.6 is 0 Å². The topological polar surface area (TPSA) is 66.5 Å². The summed E-state index contributed by atoms with van der Waals surface area (Å²) in [4.78, 5) is 12.7. The second-order valence-corrected chi connectivity index (χ2v) is 9.67. The maximum atomic E-state index is 12.5. The Kier molecular flexibility index (Phi) is 5.58. The fourth-order valence-corrected chi connectivity index (χ4v) is 3.62. The highest BCUT2D eigenvalue weighted by atomic mass is 32.2. The molecule has 0 saturated heterocycles. The number of hydrogen-bond acceptors (Lipinski definition) is 3. The summed E-state index contributed by atoms with van der Waals surface area (Å²) in [5.74, 6) is -0.275. The first-order valence-corrected chi connectivity index (χ1v) is 9.82. The first-order valence-electron chi connectivity index (χ1n) is 8.38. The molecule has 0 spiro atoms. The predicted octanol–water partition coefficient (Wildman–Crippen LogP) is 3.80. The van der Waals surface area contributed by atoms with Gasteiger partial charge in [0, 0.05) is 25.3 Å². The molecule has 0 aliphatic heterocycles. The molecule has 1 amide bonds. The number of hydrogen-bond donors (Lipinski definition) is 1. The minimum absolute atomic E-state index is 0.0153. The minimum atomic E-state index is -3.57. The molecule has 0 aliphatic rings. The van der Waals surface area contributed by atoms with Crippen molar-refractivity contribution in [1.82, 2.24) is 4.31 Å². The van der Waals surface area contributed by atoms with Gasteiger partial charge in [-0.15, -0.1) is 0 Å². The summed E-state index contributed by atoms with van der Waals surface area (Å²) in [6.07, 6.45) is 0. The standard InChI is InChI=1S/C20H26N2O3S/c1-14-7-12-17(13-18(14)26(24,25)22(5)6)21-19(23)15-8-10-16(11-9-15)20(2,3)4/h7-13H,1-6H3,(H,21,23). The molecule has 0 bridgehead atoms. The Labute approximate surface area is 156 Å². The van der Waals surface area contributed by atoms with Crippen LogP contribution in [0.25, 0.3) is 0 Å². The molecule has 0 saturated carbocycles. The fraction of sp³-hybridized carbons (Fsp3) is 0.350. The van der Waals surface area contributed by atoms with Gasteiger partial charge in [0.05, 0.1) is 4.90 Å². The van der Waals surface area contributed by atoms with Crippen molar-refractivity contribution in [3.63, 3.8) is 0 Å². The third kappa shape index (κ3) is 4.31. The molecular formula is C20H26N2O3S. The Balaban J connectivity index is 2.27. The number of sulfonamides is 1. The average Bonchev–Trinajstić information content (AvgIpc) is 2.55. The van der Waals surface area contributed by atoms with E-state index >= 15 is 0 Å². The van der Waals surface area contributed by atoms with Gasteiger partial charge in [0.1, 0.15) is 0 Å². The normalized spacial score (nSPS) is 12.3. The lowest BCUT2D eigenvalue weighted by molar-refractivity contribution is 0.102. The first-order chi connectivity index (χ1) is 11.9. The number of rotatable bonds is 4. The van der Waals surface area contributed by atoms with Crippen molar-refractivity contribution in [3.05, 3.63) is 59.2 Å². The van der Waals surface area contributed by atoms with Crippen LogP contribution in [0.2, 0.25) is 0 Å². The maximum Gasteiger partial charge on any atom is 0.255 e. The number of nitrogens with one attached hydrogen (secondary N) is 1. The summed E-state index contributed by atoms with van der Waals surface area (Å²) in [5.41, 5.74) is 2.76. The van der Waals surface area contributed by atoms with E-state index in [4.69, 9.17) is 0 Å². The smallest absolute Gasteiger partial charge is 0.255 e. The molecule has 2 rings (SSSR count). The van der Waals surface area contributed by atoms with E-state index in [1.807, 2.05) is 12.1 Å². The molecule has 2 aromatic carbocycles. The first kappa shape index (κ1) is 20.1. The van der Waals surface area contributed by atoms with Crippen LogP contribution in [0.15, 0.2) is 47.4 Å². The van der Waals surface area contributed by atoms with Crippen molar-refractivity contribution in [2.45, 2.75) is 38.0 Å². The number of carbonyl (C=O) groups excluding carboxylic acids is 1. The van der Waals surface area contributed by atoms with E-state index in [-0.39, 0.29) is 16.2 Å². The molecule has 0 radical (unpaired) electrons. The van der Waals surface area contributed by atoms with Gasteiger partial charge in [-0.05, 0) is 47.7 Å². The van der Waals surface area contributed by atoms with E-state index in [0.29, 0.717) is 16.8 Å². The highest BCUT2D eigenvalue weighted by Gasteiger charge is 2.20. The second-order valence-electron chi connectivity index (χ2n) is 7.55. The van der Waals surface area contributed by atoms with Gasteiger partial charge < -0.3 is 5.32 Å². The van der Waals surface area contributed by atoms with Gasteiger partial charge in [-0.1, -0.05) is 39.0 Å². The largest absolute Gasteiger partial charge is 0.322 e. The predicted molar refractivity (Wildman–Crippen MR) is 105 cm³/mol. The lowest BCUT2D eigenvalue weighted by Crippen LogP contribution is -2.23. The summed E-state index contributed by atoms with van der Waals surface area (Å²) in [5, 5.41) is 2.77. The summed E-state index contributed by atoms with van der Waals surface area (Å²) >= 11 is 0. The van der Waals surface area contributed by atoms with Crippen LogP contribution in [0.3, 0.4) is 0 Å². The van der Waals surface area contributed by atoms with Crippen LogP contribution in [-0.2, 0) is 15.4 Å². The van der Waals surface area contributed by atoms with Crippen molar-refractivity contribution in [3.8, 4) is 0 Å². The van der Waals surface area contributed by atoms with Crippen LogP contribution < -0.4 is 5.32 Å². The van der Waals surface area contributed by atoms with Crippen molar-refractivity contribution in [2.24, 2.45) is 0 Å². The lowest BCUT2D eigenvalue weighted by Gasteiger charge is -2.19. The van der Waals surface area contributed by atoms with Crippen LogP contribution in [-0.4, -0.2) is 32.7 Å². The number of aryl methyl sites for hydroxylation is 1. The Morgan fingerprint density at radius 3 is 2.08 bits per heavy atom. The molecule has 6 heteroatoms. The van der Waals surface area contributed by atoms with Gasteiger partial charge in [0.15, 0.2) is 0 Å². The summed E-state index contributed by atoms with van der Waals surface area (Å²) < 4.78 is 26.0. The molecule has 26 heavy (non-hydrogen) atoms. The van der Waals surface area contributed by atoms with Gasteiger partial charge in [-0.2, -0.15) is 0 Å². The van der Waals surface area contributed by atoms with Gasteiger partial charge in [-0.3, -0.25) is 4.79 Å². The molecule has 0 heterocycles. The summed E-state index contributed by atoms with van der Waals surface area (Å²) in [7, 11) is -0.605. The molecular weight excluding hydrogens is 348 g/mol.